The van der Waals surface area contributed by atoms with Crippen molar-refractivity contribution in [2.24, 2.45) is 5.92 Å². The lowest BCUT2D eigenvalue weighted by Crippen LogP contribution is -2.40. The highest BCUT2D eigenvalue weighted by Gasteiger charge is 2.25. The molecule has 0 unspecified atom stereocenters. The minimum absolute atomic E-state index is 0. The first-order valence-electron chi connectivity index (χ1n) is 7.56. The predicted molar refractivity (Wildman–Crippen MR) is 89.0 cm³/mol. The highest BCUT2D eigenvalue weighted by molar-refractivity contribution is 5.97. The molecule has 7 nitrogen and oxygen atoms in total. The lowest BCUT2D eigenvalue weighted by Gasteiger charge is -2.32. The van der Waals surface area contributed by atoms with E-state index in [0.29, 0.717) is 11.5 Å². The van der Waals surface area contributed by atoms with E-state index < -0.39 is 0 Å². The van der Waals surface area contributed by atoms with E-state index >= 15 is 0 Å². The van der Waals surface area contributed by atoms with Crippen LogP contribution >= 0.6 is 12.4 Å². The first kappa shape index (κ1) is 17.4. The van der Waals surface area contributed by atoms with Crippen LogP contribution in [0.5, 0.6) is 0 Å². The zero-order valence-electron chi connectivity index (χ0n) is 13.1. The summed E-state index contributed by atoms with van der Waals surface area (Å²) in [7, 11) is 1.97. The van der Waals surface area contributed by atoms with E-state index in [2.05, 4.69) is 20.8 Å². The van der Waals surface area contributed by atoms with Gasteiger partial charge in [-0.25, -0.2) is 0 Å². The largest absolute Gasteiger partial charge is 0.339 e. The van der Waals surface area contributed by atoms with Crippen LogP contribution in [0.25, 0.3) is 5.69 Å². The first-order chi connectivity index (χ1) is 10.8. The molecule has 0 atom stereocenters. The number of hydrogen-bond acceptors (Lipinski definition) is 5. The van der Waals surface area contributed by atoms with Crippen molar-refractivity contribution in [3.8, 4) is 5.69 Å². The van der Waals surface area contributed by atoms with E-state index in [-0.39, 0.29) is 18.3 Å². The molecular formula is C15H21ClN6O. The van der Waals surface area contributed by atoms with Gasteiger partial charge >= 0.3 is 0 Å². The summed E-state index contributed by atoms with van der Waals surface area (Å²) >= 11 is 0. The third-order valence-corrected chi connectivity index (χ3v) is 4.12. The van der Waals surface area contributed by atoms with Crippen molar-refractivity contribution in [3.63, 3.8) is 0 Å². The molecule has 1 N–H and O–H groups in total. The smallest absolute Gasteiger partial charge is 0.256 e. The Balaban J connectivity index is 0.00000192. The Kier molecular flexibility index (Phi) is 6.06. The normalized spacial score (nSPS) is 15.3. The highest BCUT2D eigenvalue weighted by atomic mass is 35.5. The van der Waals surface area contributed by atoms with Crippen LogP contribution < -0.4 is 5.32 Å². The third kappa shape index (κ3) is 3.86. The topological polar surface area (TPSA) is 75.9 Å². The highest BCUT2D eigenvalue weighted by Crippen LogP contribution is 2.21. The third-order valence-electron chi connectivity index (χ3n) is 4.12. The van der Waals surface area contributed by atoms with Crippen molar-refractivity contribution in [1.82, 2.24) is 30.4 Å². The average Bonchev–Trinajstić information content (AvgIpc) is 3.10. The van der Waals surface area contributed by atoms with Gasteiger partial charge in [0.1, 0.15) is 6.33 Å². The Bertz CT molecular complexity index is 625. The molecule has 0 radical (unpaired) electrons. The molecule has 1 fully saturated rings. The quantitative estimate of drug-likeness (QED) is 0.906. The standard InChI is InChI=1S/C15H20N6O.ClH/c1-16-10-12-6-8-20(9-7-12)15(22)13-4-2-3-5-14(13)21-11-17-18-19-21;/h2-5,11-12,16H,6-10H2,1H3;1H. The van der Waals surface area contributed by atoms with Gasteiger partial charge < -0.3 is 10.2 Å². The number of tetrazole rings is 1. The van der Waals surface area contributed by atoms with E-state index in [1.54, 1.807) is 0 Å². The fourth-order valence-electron chi connectivity index (χ4n) is 2.93. The minimum atomic E-state index is 0. The maximum Gasteiger partial charge on any atom is 0.256 e. The van der Waals surface area contributed by atoms with Crippen molar-refractivity contribution < 1.29 is 4.79 Å². The monoisotopic (exact) mass is 336 g/mol. The Morgan fingerprint density at radius 3 is 2.70 bits per heavy atom. The Hall–Kier alpha value is -1.99. The van der Waals surface area contributed by atoms with Crippen LogP contribution in [0.2, 0.25) is 0 Å². The summed E-state index contributed by atoms with van der Waals surface area (Å²) in [5.41, 5.74) is 1.36. The van der Waals surface area contributed by atoms with Crippen LogP contribution in [0.15, 0.2) is 30.6 Å². The molecule has 1 aromatic carbocycles. The number of piperidine rings is 1. The number of carbonyl (C=O) groups is 1. The van der Waals surface area contributed by atoms with E-state index in [4.69, 9.17) is 0 Å². The number of halogens is 1. The summed E-state index contributed by atoms with van der Waals surface area (Å²) in [4.78, 5) is 14.7. The number of rotatable bonds is 4. The van der Waals surface area contributed by atoms with Crippen molar-refractivity contribution in [1.29, 1.82) is 0 Å². The van der Waals surface area contributed by atoms with Gasteiger partial charge in [0.15, 0.2) is 0 Å². The van der Waals surface area contributed by atoms with E-state index in [1.165, 1.54) is 11.0 Å². The molecule has 1 amide bonds. The maximum atomic E-state index is 12.8. The van der Waals surface area contributed by atoms with E-state index in [1.807, 2.05) is 36.2 Å². The molecule has 0 aliphatic carbocycles. The van der Waals surface area contributed by atoms with Crippen LogP contribution in [0, 0.1) is 5.92 Å². The number of nitrogens with one attached hydrogen (secondary N) is 1. The zero-order valence-corrected chi connectivity index (χ0v) is 13.9. The number of amides is 1. The van der Waals surface area contributed by atoms with Gasteiger partial charge in [0.2, 0.25) is 0 Å². The molecular weight excluding hydrogens is 316 g/mol. The van der Waals surface area contributed by atoms with Crippen molar-refractivity contribution in [2.45, 2.75) is 12.8 Å². The average molecular weight is 337 g/mol. The SMILES string of the molecule is CNCC1CCN(C(=O)c2ccccc2-n2cnnn2)CC1.Cl. The number of likely N-dealkylation sites (tertiary alicyclic amines) is 1. The van der Waals surface area contributed by atoms with Crippen LogP contribution in [0.4, 0.5) is 0 Å². The summed E-state index contributed by atoms with van der Waals surface area (Å²) in [5.74, 6) is 0.706. The van der Waals surface area contributed by atoms with Gasteiger partial charge in [0.05, 0.1) is 11.3 Å². The Morgan fingerprint density at radius 1 is 1.30 bits per heavy atom. The summed E-state index contributed by atoms with van der Waals surface area (Å²) < 4.78 is 1.53. The molecule has 1 aliphatic heterocycles. The van der Waals surface area contributed by atoms with Crippen LogP contribution in [0.3, 0.4) is 0 Å². The molecule has 0 bridgehead atoms. The summed E-state index contributed by atoms with van der Waals surface area (Å²) in [5, 5.41) is 14.4. The number of benzene rings is 1. The van der Waals surface area contributed by atoms with Crippen molar-refractivity contribution >= 4 is 18.3 Å². The van der Waals surface area contributed by atoms with Gasteiger partial charge in [0.25, 0.3) is 5.91 Å². The summed E-state index contributed by atoms with van der Waals surface area (Å²) in [6.07, 6.45) is 3.59. The van der Waals surface area contributed by atoms with Gasteiger partial charge in [-0.05, 0) is 54.9 Å². The lowest BCUT2D eigenvalue weighted by molar-refractivity contribution is 0.0691. The van der Waals surface area contributed by atoms with Gasteiger partial charge in [-0.2, -0.15) is 4.68 Å². The van der Waals surface area contributed by atoms with Gasteiger partial charge in [-0.1, -0.05) is 12.1 Å². The van der Waals surface area contributed by atoms with Crippen LogP contribution in [-0.2, 0) is 0 Å². The number of hydrogen-bond donors (Lipinski definition) is 1. The zero-order chi connectivity index (χ0) is 15.4. The molecule has 0 spiro atoms. The lowest BCUT2D eigenvalue weighted by atomic mass is 9.96. The fraction of sp³-hybridized carbons (Fsp3) is 0.467. The molecule has 0 saturated carbocycles. The van der Waals surface area contributed by atoms with Crippen molar-refractivity contribution in [3.05, 3.63) is 36.2 Å². The second kappa shape index (κ2) is 8.03. The van der Waals surface area contributed by atoms with Gasteiger partial charge in [0, 0.05) is 13.1 Å². The number of para-hydroxylation sites is 1. The molecule has 1 saturated heterocycles. The maximum absolute atomic E-state index is 12.8. The van der Waals surface area contributed by atoms with Gasteiger partial charge in [-0.15, -0.1) is 17.5 Å². The number of aromatic nitrogens is 4. The molecule has 3 rings (SSSR count). The number of nitrogens with zero attached hydrogens (tertiary/aromatic N) is 5. The van der Waals surface area contributed by atoms with Crippen LogP contribution in [0.1, 0.15) is 23.2 Å². The number of carbonyl (C=O) groups excluding carboxylic acids is 1. The predicted octanol–water partition coefficient (Wildman–Crippen LogP) is 1.16. The summed E-state index contributed by atoms with van der Waals surface area (Å²) in [6, 6.07) is 7.44. The second-order valence-corrected chi connectivity index (χ2v) is 5.56. The minimum Gasteiger partial charge on any atom is -0.339 e. The molecule has 1 aliphatic rings. The van der Waals surface area contributed by atoms with E-state index in [0.717, 1.165) is 38.2 Å². The molecule has 1 aromatic heterocycles. The molecule has 2 aromatic rings. The summed E-state index contributed by atoms with van der Waals surface area (Å²) in [6.45, 7) is 2.62. The molecule has 124 valence electrons. The molecule has 23 heavy (non-hydrogen) atoms. The van der Waals surface area contributed by atoms with Crippen LogP contribution in [-0.4, -0.2) is 57.7 Å². The molecule has 2 heterocycles. The van der Waals surface area contributed by atoms with Crippen molar-refractivity contribution in [2.75, 3.05) is 26.7 Å². The van der Waals surface area contributed by atoms with E-state index in [9.17, 15) is 4.79 Å². The fourth-order valence-corrected chi connectivity index (χ4v) is 2.93. The Labute approximate surface area is 141 Å². The second-order valence-electron chi connectivity index (χ2n) is 5.56. The van der Waals surface area contributed by atoms with Gasteiger partial charge in [-0.3, -0.25) is 4.79 Å². The first-order valence-corrected chi connectivity index (χ1v) is 7.56. The Morgan fingerprint density at radius 2 is 2.04 bits per heavy atom. The molecule has 8 heteroatoms.